The van der Waals surface area contributed by atoms with Gasteiger partial charge in [0.25, 0.3) is 5.69 Å². The van der Waals surface area contributed by atoms with Gasteiger partial charge in [0, 0.05) is 44.0 Å². The number of nitro benzene ring substituents is 1. The maximum atomic E-state index is 10.7. The molecule has 6 heteroatoms. The molecule has 0 atom stereocenters. The second-order valence-electron chi connectivity index (χ2n) is 4.56. The number of likely N-dealkylation sites (N-methyl/N-ethyl adjacent to an activating group) is 1. The standard InChI is InChI=1S/C15H14N4O2/c1-18(9-7-13-4-2-3-8-17-13)15-6-5-14(19(20)21)10-12(15)11-16/h2-6,8,10H,7,9H2,1H3. The number of hydrogen-bond acceptors (Lipinski definition) is 5. The van der Waals surface area contributed by atoms with E-state index in [1.54, 1.807) is 12.3 Å². The molecule has 0 fully saturated rings. The summed E-state index contributed by atoms with van der Waals surface area (Å²) in [6.45, 7) is 0.670. The molecule has 0 saturated heterocycles. The van der Waals surface area contributed by atoms with Gasteiger partial charge >= 0.3 is 0 Å². The van der Waals surface area contributed by atoms with Crippen LogP contribution >= 0.6 is 0 Å². The van der Waals surface area contributed by atoms with Gasteiger partial charge in [0.15, 0.2) is 0 Å². The van der Waals surface area contributed by atoms with E-state index in [1.807, 2.05) is 36.2 Å². The van der Waals surface area contributed by atoms with Crippen LogP contribution in [0.15, 0.2) is 42.6 Å². The molecule has 0 spiro atoms. The predicted octanol–water partition coefficient (Wildman–Crippen LogP) is 2.54. The van der Waals surface area contributed by atoms with Crippen LogP contribution in [-0.2, 0) is 6.42 Å². The molecule has 0 amide bonds. The van der Waals surface area contributed by atoms with Crippen molar-refractivity contribution in [2.24, 2.45) is 0 Å². The minimum atomic E-state index is -0.501. The zero-order chi connectivity index (χ0) is 15.2. The van der Waals surface area contributed by atoms with E-state index in [2.05, 4.69) is 4.98 Å². The number of nitro groups is 1. The third-order valence-corrected chi connectivity index (χ3v) is 3.15. The summed E-state index contributed by atoms with van der Waals surface area (Å²) in [6, 6.07) is 12.0. The minimum absolute atomic E-state index is 0.0755. The van der Waals surface area contributed by atoms with E-state index in [0.29, 0.717) is 17.8 Å². The first kappa shape index (κ1) is 14.5. The van der Waals surface area contributed by atoms with Crippen molar-refractivity contribution in [1.29, 1.82) is 5.26 Å². The van der Waals surface area contributed by atoms with Crippen LogP contribution in [0.25, 0.3) is 0 Å². The van der Waals surface area contributed by atoms with Crippen LogP contribution in [0.4, 0.5) is 11.4 Å². The molecule has 21 heavy (non-hydrogen) atoms. The Morgan fingerprint density at radius 2 is 2.19 bits per heavy atom. The zero-order valence-corrected chi connectivity index (χ0v) is 11.6. The average molecular weight is 282 g/mol. The van der Waals surface area contributed by atoms with Crippen LogP contribution in [0.1, 0.15) is 11.3 Å². The molecule has 0 unspecified atom stereocenters. The lowest BCUT2D eigenvalue weighted by atomic mass is 10.1. The van der Waals surface area contributed by atoms with E-state index in [4.69, 9.17) is 5.26 Å². The number of pyridine rings is 1. The number of nitrogens with zero attached hydrogens (tertiary/aromatic N) is 4. The van der Waals surface area contributed by atoms with E-state index in [-0.39, 0.29) is 5.69 Å². The molecular weight excluding hydrogens is 268 g/mol. The molecule has 0 aliphatic rings. The number of aromatic nitrogens is 1. The lowest BCUT2D eigenvalue weighted by Gasteiger charge is -2.20. The fraction of sp³-hybridized carbons (Fsp3) is 0.200. The molecule has 1 aromatic heterocycles. The highest BCUT2D eigenvalue weighted by Crippen LogP contribution is 2.24. The van der Waals surface area contributed by atoms with Crippen molar-refractivity contribution in [2.45, 2.75) is 6.42 Å². The van der Waals surface area contributed by atoms with Crippen molar-refractivity contribution >= 4 is 11.4 Å². The smallest absolute Gasteiger partial charge is 0.270 e. The van der Waals surface area contributed by atoms with Gasteiger partial charge in [-0.05, 0) is 18.2 Å². The van der Waals surface area contributed by atoms with Crippen molar-refractivity contribution in [1.82, 2.24) is 4.98 Å². The Bertz CT molecular complexity index is 680. The molecule has 6 nitrogen and oxygen atoms in total. The van der Waals surface area contributed by atoms with Gasteiger partial charge in [-0.3, -0.25) is 15.1 Å². The number of non-ortho nitro benzene ring substituents is 1. The van der Waals surface area contributed by atoms with Crippen LogP contribution in [0.3, 0.4) is 0 Å². The monoisotopic (exact) mass is 282 g/mol. The normalized spacial score (nSPS) is 9.90. The Labute approximate surface area is 122 Å². The Morgan fingerprint density at radius 3 is 2.81 bits per heavy atom. The van der Waals surface area contributed by atoms with Crippen molar-refractivity contribution in [3.63, 3.8) is 0 Å². The van der Waals surface area contributed by atoms with Gasteiger partial charge in [0.05, 0.1) is 16.2 Å². The van der Waals surface area contributed by atoms with Crippen molar-refractivity contribution in [2.75, 3.05) is 18.5 Å². The molecule has 0 aliphatic carbocycles. The van der Waals surface area contributed by atoms with E-state index >= 15 is 0 Å². The van der Waals surface area contributed by atoms with Gasteiger partial charge in [-0.2, -0.15) is 5.26 Å². The Balaban J connectivity index is 2.14. The van der Waals surface area contributed by atoms with Gasteiger partial charge in [-0.25, -0.2) is 0 Å². The van der Waals surface area contributed by atoms with Gasteiger partial charge in [-0.1, -0.05) is 6.07 Å². The van der Waals surface area contributed by atoms with Crippen LogP contribution < -0.4 is 4.90 Å². The summed E-state index contributed by atoms with van der Waals surface area (Å²) < 4.78 is 0. The summed E-state index contributed by atoms with van der Waals surface area (Å²) in [5.41, 5.74) is 1.87. The number of anilines is 1. The molecule has 1 heterocycles. The second-order valence-corrected chi connectivity index (χ2v) is 4.56. The van der Waals surface area contributed by atoms with Crippen molar-refractivity contribution < 1.29 is 4.92 Å². The summed E-state index contributed by atoms with van der Waals surface area (Å²) in [4.78, 5) is 16.4. The first-order valence-corrected chi connectivity index (χ1v) is 6.41. The molecule has 1 aromatic carbocycles. The van der Waals surface area contributed by atoms with Crippen molar-refractivity contribution in [3.8, 4) is 6.07 Å². The van der Waals surface area contributed by atoms with Crippen LogP contribution in [0.5, 0.6) is 0 Å². The third kappa shape index (κ3) is 3.54. The molecule has 0 saturated carbocycles. The lowest BCUT2D eigenvalue weighted by molar-refractivity contribution is -0.384. The summed E-state index contributed by atoms with van der Waals surface area (Å²) in [5, 5.41) is 19.9. The van der Waals surface area contributed by atoms with Crippen LogP contribution in [0, 0.1) is 21.4 Å². The molecular formula is C15H14N4O2. The van der Waals surface area contributed by atoms with Gasteiger partial charge in [0.2, 0.25) is 0 Å². The predicted molar refractivity (Wildman–Crippen MR) is 79.0 cm³/mol. The summed E-state index contributed by atoms with van der Waals surface area (Å²) in [7, 11) is 1.85. The van der Waals surface area contributed by atoms with Crippen molar-refractivity contribution in [3.05, 3.63) is 64.0 Å². The fourth-order valence-electron chi connectivity index (χ4n) is 2.01. The van der Waals surface area contributed by atoms with E-state index in [0.717, 1.165) is 12.1 Å². The molecule has 0 radical (unpaired) electrons. The molecule has 0 aliphatic heterocycles. The number of rotatable bonds is 5. The quantitative estimate of drug-likeness (QED) is 0.621. The van der Waals surface area contributed by atoms with Gasteiger partial charge in [0.1, 0.15) is 6.07 Å². The highest BCUT2D eigenvalue weighted by atomic mass is 16.6. The van der Waals surface area contributed by atoms with E-state index in [9.17, 15) is 10.1 Å². The summed E-state index contributed by atoms with van der Waals surface area (Å²) in [5.74, 6) is 0. The molecule has 0 N–H and O–H groups in total. The average Bonchev–Trinajstić information content (AvgIpc) is 2.52. The first-order chi connectivity index (χ1) is 10.1. The highest BCUT2D eigenvalue weighted by Gasteiger charge is 2.13. The number of benzene rings is 1. The maximum absolute atomic E-state index is 10.7. The maximum Gasteiger partial charge on any atom is 0.270 e. The molecule has 2 rings (SSSR count). The topological polar surface area (TPSA) is 83.1 Å². The second kappa shape index (κ2) is 6.48. The minimum Gasteiger partial charge on any atom is -0.373 e. The third-order valence-electron chi connectivity index (χ3n) is 3.15. The van der Waals surface area contributed by atoms with Gasteiger partial charge < -0.3 is 4.90 Å². The van der Waals surface area contributed by atoms with E-state index in [1.165, 1.54) is 12.1 Å². The summed E-state index contributed by atoms with van der Waals surface area (Å²) in [6.07, 6.45) is 2.47. The first-order valence-electron chi connectivity index (χ1n) is 6.41. The Hall–Kier alpha value is -2.94. The Kier molecular flexibility index (Phi) is 4.46. The molecule has 0 bridgehead atoms. The number of hydrogen-bond donors (Lipinski definition) is 0. The van der Waals surface area contributed by atoms with E-state index < -0.39 is 4.92 Å². The fourth-order valence-corrected chi connectivity index (χ4v) is 2.01. The molecule has 106 valence electrons. The number of nitriles is 1. The van der Waals surface area contributed by atoms with Crippen LogP contribution in [-0.4, -0.2) is 23.5 Å². The largest absolute Gasteiger partial charge is 0.373 e. The molecule has 2 aromatic rings. The SMILES string of the molecule is CN(CCc1ccccn1)c1ccc([N+](=O)[O-])cc1C#N. The zero-order valence-electron chi connectivity index (χ0n) is 11.6. The Morgan fingerprint density at radius 1 is 1.38 bits per heavy atom. The van der Waals surface area contributed by atoms with Gasteiger partial charge in [-0.15, -0.1) is 0 Å². The van der Waals surface area contributed by atoms with Crippen LogP contribution in [0.2, 0.25) is 0 Å². The summed E-state index contributed by atoms with van der Waals surface area (Å²) >= 11 is 0. The lowest BCUT2D eigenvalue weighted by Crippen LogP contribution is -2.21. The highest BCUT2D eigenvalue weighted by molar-refractivity contribution is 5.62.